The van der Waals surface area contributed by atoms with E-state index < -0.39 is 0 Å². The summed E-state index contributed by atoms with van der Waals surface area (Å²) >= 11 is 1.35. The van der Waals surface area contributed by atoms with Gasteiger partial charge in [0.05, 0.1) is 5.69 Å². The van der Waals surface area contributed by atoms with Crippen LogP contribution in [0.5, 0.6) is 0 Å². The molecule has 0 radical (unpaired) electrons. The molecule has 6 heteroatoms. The average Bonchev–Trinajstić information content (AvgIpc) is 3.19. The van der Waals surface area contributed by atoms with E-state index in [1.807, 2.05) is 24.0 Å². The van der Waals surface area contributed by atoms with Crippen LogP contribution in [-0.2, 0) is 17.8 Å². The van der Waals surface area contributed by atoms with Crippen molar-refractivity contribution in [2.75, 3.05) is 18.0 Å². The number of thiazole rings is 1. The second kappa shape index (κ2) is 6.02. The van der Waals surface area contributed by atoms with E-state index in [1.54, 1.807) is 4.90 Å². The van der Waals surface area contributed by atoms with Crippen LogP contribution in [0.2, 0.25) is 0 Å². The van der Waals surface area contributed by atoms with Gasteiger partial charge in [-0.2, -0.15) is 0 Å². The molecule has 124 valence electrons. The maximum atomic E-state index is 12.9. The number of benzene rings is 1. The largest absolute Gasteiger partial charge is 0.333 e. The number of aromatic nitrogens is 1. The fraction of sp³-hybridized carbons (Fsp3) is 0.389. The SMILES string of the molecule is Cc1nc(N2CCCC2=O)sc1C(=O)N1CCc2ccccc2C1. The number of aryl methyl sites for hydroxylation is 1. The molecule has 1 saturated heterocycles. The van der Waals surface area contributed by atoms with Gasteiger partial charge in [0.25, 0.3) is 5.91 Å². The molecule has 0 unspecified atom stereocenters. The van der Waals surface area contributed by atoms with Gasteiger partial charge in [0, 0.05) is 26.1 Å². The van der Waals surface area contributed by atoms with E-state index in [0.717, 1.165) is 25.1 Å². The lowest BCUT2D eigenvalue weighted by molar-refractivity contribution is -0.117. The van der Waals surface area contributed by atoms with Crippen molar-refractivity contribution in [2.24, 2.45) is 0 Å². The Labute approximate surface area is 144 Å². The zero-order valence-electron chi connectivity index (χ0n) is 13.6. The highest BCUT2D eigenvalue weighted by Crippen LogP contribution is 2.31. The highest BCUT2D eigenvalue weighted by molar-refractivity contribution is 7.17. The van der Waals surface area contributed by atoms with Gasteiger partial charge in [-0.05, 0) is 30.9 Å². The Kier molecular flexibility index (Phi) is 3.84. The average molecular weight is 341 g/mol. The van der Waals surface area contributed by atoms with Crippen molar-refractivity contribution in [3.05, 3.63) is 46.0 Å². The fourth-order valence-electron chi connectivity index (χ4n) is 3.36. The summed E-state index contributed by atoms with van der Waals surface area (Å²) in [5.74, 6) is 0.132. The van der Waals surface area contributed by atoms with E-state index in [9.17, 15) is 9.59 Å². The van der Waals surface area contributed by atoms with Crippen LogP contribution in [0.3, 0.4) is 0 Å². The Hall–Kier alpha value is -2.21. The molecule has 2 aliphatic rings. The second-order valence-corrected chi connectivity index (χ2v) is 7.28. The smallest absolute Gasteiger partial charge is 0.266 e. The summed E-state index contributed by atoms with van der Waals surface area (Å²) in [5, 5.41) is 0.663. The van der Waals surface area contributed by atoms with Crippen LogP contribution < -0.4 is 4.90 Å². The van der Waals surface area contributed by atoms with Crippen LogP contribution in [-0.4, -0.2) is 34.8 Å². The summed E-state index contributed by atoms with van der Waals surface area (Å²) < 4.78 is 0. The van der Waals surface area contributed by atoms with Crippen molar-refractivity contribution >= 4 is 28.3 Å². The molecule has 2 amide bonds. The minimum atomic E-state index is 0.0254. The van der Waals surface area contributed by atoms with Crippen molar-refractivity contribution in [3.8, 4) is 0 Å². The molecule has 0 saturated carbocycles. The van der Waals surface area contributed by atoms with Gasteiger partial charge in [-0.3, -0.25) is 14.5 Å². The number of nitrogens with zero attached hydrogens (tertiary/aromatic N) is 3. The first kappa shape index (κ1) is 15.3. The Balaban J connectivity index is 1.57. The lowest BCUT2D eigenvalue weighted by Crippen LogP contribution is -2.35. The molecule has 24 heavy (non-hydrogen) atoms. The number of rotatable bonds is 2. The van der Waals surface area contributed by atoms with Crippen LogP contribution >= 0.6 is 11.3 Å². The van der Waals surface area contributed by atoms with Crippen LogP contribution in [0.1, 0.15) is 39.3 Å². The predicted octanol–water partition coefficient (Wildman–Crippen LogP) is 2.78. The molecule has 4 rings (SSSR count). The zero-order chi connectivity index (χ0) is 16.7. The topological polar surface area (TPSA) is 53.5 Å². The van der Waals surface area contributed by atoms with Crippen LogP contribution in [0, 0.1) is 6.92 Å². The minimum Gasteiger partial charge on any atom is -0.333 e. The molecule has 2 aromatic rings. The van der Waals surface area contributed by atoms with Gasteiger partial charge >= 0.3 is 0 Å². The summed E-state index contributed by atoms with van der Waals surface area (Å²) in [5.41, 5.74) is 3.26. The fourth-order valence-corrected chi connectivity index (χ4v) is 4.44. The molecule has 2 aliphatic heterocycles. The number of hydrogen-bond donors (Lipinski definition) is 0. The first-order valence-corrected chi connectivity index (χ1v) is 9.09. The number of carbonyl (C=O) groups excluding carboxylic acids is 2. The van der Waals surface area contributed by atoms with E-state index >= 15 is 0 Å². The summed E-state index contributed by atoms with van der Waals surface area (Å²) in [6, 6.07) is 8.28. The van der Waals surface area contributed by atoms with Crippen LogP contribution in [0.4, 0.5) is 5.13 Å². The van der Waals surface area contributed by atoms with Crippen molar-refractivity contribution in [1.82, 2.24) is 9.88 Å². The maximum Gasteiger partial charge on any atom is 0.266 e. The molecule has 0 N–H and O–H groups in total. The Morgan fingerprint density at radius 2 is 1.96 bits per heavy atom. The van der Waals surface area contributed by atoms with Crippen LogP contribution in [0.15, 0.2) is 24.3 Å². The number of fused-ring (bicyclic) bond motifs is 1. The normalized spacial score (nSPS) is 17.3. The van der Waals surface area contributed by atoms with E-state index in [1.165, 1.54) is 22.5 Å². The predicted molar refractivity (Wildman–Crippen MR) is 93.3 cm³/mol. The number of anilines is 1. The summed E-state index contributed by atoms with van der Waals surface area (Å²) in [6.45, 7) is 3.93. The lowest BCUT2D eigenvalue weighted by Gasteiger charge is -2.28. The molecule has 0 spiro atoms. The number of hydrogen-bond acceptors (Lipinski definition) is 4. The first-order valence-electron chi connectivity index (χ1n) is 8.27. The summed E-state index contributed by atoms with van der Waals surface area (Å²) in [4.78, 5) is 33.6. The third-order valence-electron chi connectivity index (χ3n) is 4.70. The van der Waals surface area contributed by atoms with E-state index in [0.29, 0.717) is 29.5 Å². The Morgan fingerprint density at radius 1 is 1.17 bits per heavy atom. The standard InChI is InChI=1S/C18H19N3O2S/c1-12-16(24-18(19-12)21-9-4-7-15(21)22)17(23)20-10-8-13-5-2-3-6-14(13)11-20/h2-3,5-6H,4,7-11H2,1H3. The molecule has 1 aromatic heterocycles. The Morgan fingerprint density at radius 3 is 2.71 bits per heavy atom. The quantitative estimate of drug-likeness (QED) is 0.844. The molecule has 1 aromatic carbocycles. The molecule has 0 atom stereocenters. The molecular weight excluding hydrogens is 322 g/mol. The van der Waals surface area contributed by atoms with Gasteiger partial charge in [0.2, 0.25) is 5.91 Å². The maximum absolute atomic E-state index is 12.9. The summed E-state index contributed by atoms with van der Waals surface area (Å²) in [7, 11) is 0. The molecule has 0 aliphatic carbocycles. The summed E-state index contributed by atoms with van der Waals surface area (Å²) in [6.07, 6.45) is 2.33. The lowest BCUT2D eigenvalue weighted by atomic mass is 10.00. The number of carbonyl (C=O) groups is 2. The van der Waals surface area contributed by atoms with Gasteiger partial charge in [-0.25, -0.2) is 4.98 Å². The van der Waals surface area contributed by atoms with Gasteiger partial charge in [-0.15, -0.1) is 0 Å². The Bertz CT molecular complexity index is 814. The van der Waals surface area contributed by atoms with Crippen molar-refractivity contribution in [1.29, 1.82) is 0 Å². The minimum absolute atomic E-state index is 0.0254. The van der Waals surface area contributed by atoms with E-state index in [2.05, 4.69) is 17.1 Å². The van der Waals surface area contributed by atoms with E-state index in [-0.39, 0.29) is 11.8 Å². The molecule has 1 fully saturated rings. The molecular formula is C18H19N3O2S. The van der Waals surface area contributed by atoms with Gasteiger partial charge < -0.3 is 4.90 Å². The van der Waals surface area contributed by atoms with Crippen molar-refractivity contribution in [3.63, 3.8) is 0 Å². The first-order chi connectivity index (χ1) is 11.6. The third kappa shape index (κ3) is 2.60. The second-order valence-electron chi connectivity index (χ2n) is 6.31. The van der Waals surface area contributed by atoms with E-state index in [4.69, 9.17) is 0 Å². The molecule has 0 bridgehead atoms. The van der Waals surface area contributed by atoms with Gasteiger partial charge in [0.1, 0.15) is 4.88 Å². The molecule has 3 heterocycles. The monoisotopic (exact) mass is 341 g/mol. The number of amides is 2. The van der Waals surface area contributed by atoms with Crippen LogP contribution in [0.25, 0.3) is 0 Å². The van der Waals surface area contributed by atoms with Gasteiger partial charge in [0.15, 0.2) is 5.13 Å². The van der Waals surface area contributed by atoms with Crippen molar-refractivity contribution < 1.29 is 9.59 Å². The zero-order valence-corrected chi connectivity index (χ0v) is 14.4. The van der Waals surface area contributed by atoms with Gasteiger partial charge in [-0.1, -0.05) is 35.6 Å². The highest BCUT2D eigenvalue weighted by Gasteiger charge is 2.29. The third-order valence-corrected chi connectivity index (χ3v) is 5.87. The van der Waals surface area contributed by atoms with Crippen molar-refractivity contribution in [2.45, 2.75) is 32.7 Å². The highest BCUT2D eigenvalue weighted by atomic mass is 32.1. The molecule has 5 nitrogen and oxygen atoms in total.